The molecule has 0 fully saturated rings. The van der Waals surface area contributed by atoms with Crippen molar-refractivity contribution in [3.63, 3.8) is 0 Å². The molecule has 2 nitrogen and oxygen atoms in total. The summed E-state index contributed by atoms with van der Waals surface area (Å²) >= 11 is 6.11. The van der Waals surface area contributed by atoms with Gasteiger partial charge in [0.15, 0.2) is 11.6 Å². The zero-order chi connectivity index (χ0) is 18.7. The molecule has 0 bridgehead atoms. The molecule has 25 heavy (non-hydrogen) atoms. The summed E-state index contributed by atoms with van der Waals surface area (Å²) in [6, 6.07) is 5.07. The van der Waals surface area contributed by atoms with Crippen LogP contribution in [0.15, 0.2) is 24.3 Å². The minimum absolute atomic E-state index is 0.132. The molecular weight excluding hydrogens is 353 g/mol. The first-order valence-corrected chi connectivity index (χ1v) is 8.24. The maximum atomic E-state index is 14.2. The highest BCUT2D eigenvalue weighted by Gasteiger charge is 2.22. The highest BCUT2D eigenvalue weighted by atomic mass is 35.5. The summed E-state index contributed by atoms with van der Waals surface area (Å²) in [5.41, 5.74) is 2.02. The molecule has 0 aliphatic carbocycles. The van der Waals surface area contributed by atoms with E-state index in [0.717, 1.165) is 6.07 Å². The lowest BCUT2D eigenvalue weighted by Gasteiger charge is -2.16. The van der Waals surface area contributed by atoms with Gasteiger partial charge in [-0.15, -0.1) is 11.6 Å². The molecule has 0 amide bonds. The maximum absolute atomic E-state index is 14.2. The summed E-state index contributed by atoms with van der Waals surface area (Å²) < 4.78 is 46.5. The fourth-order valence-electron chi connectivity index (χ4n) is 2.82. The summed E-state index contributed by atoms with van der Waals surface area (Å²) in [7, 11) is 0. The van der Waals surface area contributed by atoms with Gasteiger partial charge < -0.3 is 4.74 Å². The summed E-state index contributed by atoms with van der Waals surface area (Å²) in [6.07, 6.45) is -0.281. The number of hydrogen-bond donors (Lipinski definition) is 0. The van der Waals surface area contributed by atoms with Gasteiger partial charge in [0.25, 0.3) is 0 Å². The number of halogens is 4. The van der Waals surface area contributed by atoms with E-state index in [2.05, 4.69) is 0 Å². The molecule has 0 saturated carbocycles. The third kappa shape index (κ3) is 4.34. The molecule has 0 aliphatic heterocycles. The van der Waals surface area contributed by atoms with Gasteiger partial charge in [-0.2, -0.15) is 0 Å². The Morgan fingerprint density at radius 2 is 1.72 bits per heavy atom. The predicted octanol–water partition coefficient (Wildman–Crippen LogP) is 5.62. The van der Waals surface area contributed by atoms with E-state index in [4.69, 9.17) is 16.3 Å². The molecule has 0 N–H and O–H groups in total. The molecule has 134 valence electrons. The Morgan fingerprint density at radius 1 is 1.12 bits per heavy atom. The van der Waals surface area contributed by atoms with Gasteiger partial charge in [-0.1, -0.05) is 0 Å². The van der Waals surface area contributed by atoms with Crippen LogP contribution in [-0.2, 0) is 9.53 Å². The van der Waals surface area contributed by atoms with Crippen molar-refractivity contribution in [2.24, 2.45) is 0 Å². The molecule has 2 aromatic carbocycles. The van der Waals surface area contributed by atoms with Crippen LogP contribution in [0.1, 0.15) is 35.4 Å². The van der Waals surface area contributed by atoms with Crippen molar-refractivity contribution in [2.45, 2.75) is 32.6 Å². The highest BCUT2D eigenvalue weighted by Crippen LogP contribution is 2.35. The standard InChI is InChI=1S/C19H18ClF3O2/c1-4-25-17(24)9-15(20)14-7-12(8-16(22)19(14)23)18-10(2)5-13(21)6-11(18)3/h5-8,15H,4,9H2,1-3H3. The van der Waals surface area contributed by atoms with Crippen molar-refractivity contribution in [1.82, 2.24) is 0 Å². The van der Waals surface area contributed by atoms with Crippen LogP contribution in [0.3, 0.4) is 0 Å². The Kier molecular flexibility index (Phi) is 6.11. The summed E-state index contributed by atoms with van der Waals surface area (Å²) in [4.78, 5) is 11.6. The summed E-state index contributed by atoms with van der Waals surface area (Å²) in [6.45, 7) is 5.18. The smallest absolute Gasteiger partial charge is 0.307 e. The monoisotopic (exact) mass is 370 g/mol. The molecule has 6 heteroatoms. The molecule has 0 heterocycles. The predicted molar refractivity (Wildman–Crippen MR) is 91.1 cm³/mol. The number of aryl methyl sites for hydroxylation is 2. The van der Waals surface area contributed by atoms with Crippen LogP contribution in [0.2, 0.25) is 0 Å². The number of benzene rings is 2. The summed E-state index contributed by atoms with van der Waals surface area (Å²) in [5.74, 6) is -3.18. The first-order valence-electron chi connectivity index (χ1n) is 7.80. The minimum atomic E-state index is -1.11. The normalized spacial score (nSPS) is 12.1. The topological polar surface area (TPSA) is 26.3 Å². The van der Waals surface area contributed by atoms with Crippen LogP contribution in [0.5, 0.6) is 0 Å². The number of alkyl halides is 1. The number of rotatable bonds is 5. The van der Waals surface area contributed by atoms with Crippen molar-refractivity contribution in [1.29, 1.82) is 0 Å². The van der Waals surface area contributed by atoms with Crippen LogP contribution in [-0.4, -0.2) is 12.6 Å². The average Bonchev–Trinajstić information content (AvgIpc) is 2.49. The van der Waals surface area contributed by atoms with Crippen LogP contribution >= 0.6 is 11.6 Å². The van der Waals surface area contributed by atoms with Crippen LogP contribution in [0.4, 0.5) is 13.2 Å². The summed E-state index contributed by atoms with van der Waals surface area (Å²) in [5, 5.41) is -1.07. The zero-order valence-electron chi connectivity index (χ0n) is 14.1. The lowest BCUT2D eigenvalue weighted by Crippen LogP contribution is -2.09. The van der Waals surface area contributed by atoms with E-state index in [0.29, 0.717) is 22.3 Å². The van der Waals surface area contributed by atoms with Gasteiger partial charge in [0.05, 0.1) is 18.4 Å². The van der Waals surface area contributed by atoms with Gasteiger partial charge in [-0.05, 0) is 67.3 Å². The third-order valence-electron chi connectivity index (χ3n) is 3.83. The van der Waals surface area contributed by atoms with Gasteiger partial charge >= 0.3 is 5.97 Å². The molecule has 2 aromatic rings. The Balaban J connectivity index is 2.50. The SMILES string of the molecule is CCOC(=O)CC(Cl)c1cc(-c2c(C)cc(F)cc2C)cc(F)c1F. The highest BCUT2D eigenvalue weighted by molar-refractivity contribution is 6.21. The molecular formula is C19H18ClF3O2. The molecule has 1 unspecified atom stereocenters. The van der Waals surface area contributed by atoms with E-state index in [-0.39, 0.29) is 18.6 Å². The van der Waals surface area contributed by atoms with E-state index in [9.17, 15) is 18.0 Å². The van der Waals surface area contributed by atoms with Crippen LogP contribution < -0.4 is 0 Å². The van der Waals surface area contributed by atoms with Crippen molar-refractivity contribution in [3.05, 3.63) is 58.4 Å². The van der Waals surface area contributed by atoms with E-state index in [1.165, 1.54) is 18.2 Å². The number of esters is 1. The molecule has 2 rings (SSSR count). The Morgan fingerprint density at radius 3 is 2.28 bits per heavy atom. The van der Waals surface area contributed by atoms with Gasteiger partial charge in [-0.3, -0.25) is 4.79 Å². The van der Waals surface area contributed by atoms with Gasteiger partial charge in [-0.25, -0.2) is 13.2 Å². The lowest BCUT2D eigenvalue weighted by molar-refractivity contribution is -0.143. The van der Waals surface area contributed by atoms with Crippen LogP contribution in [0, 0.1) is 31.3 Å². The molecule has 0 aliphatic rings. The quantitative estimate of drug-likeness (QED) is 0.504. The fourth-order valence-corrected chi connectivity index (χ4v) is 3.11. The Bertz CT molecular complexity index is 782. The Hall–Kier alpha value is -2.01. The van der Waals surface area contributed by atoms with Gasteiger partial charge in [0, 0.05) is 5.56 Å². The lowest BCUT2D eigenvalue weighted by atomic mass is 9.93. The largest absolute Gasteiger partial charge is 0.466 e. The second-order valence-corrected chi connectivity index (χ2v) is 6.28. The first-order chi connectivity index (χ1) is 11.7. The van der Waals surface area contributed by atoms with Gasteiger partial charge in [0.2, 0.25) is 0 Å². The molecule has 0 spiro atoms. The van der Waals surface area contributed by atoms with E-state index in [1.54, 1.807) is 20.8 Å². The van der Waals surface area contributed by atoms with Crippen molar-refractivity contribution in [3.8, 4) is 11.1 Å². The van der Waals surface area contributed by atoms with E-state index >= 15 is 0 Å². The van der Waals surface area contributed by atoms with Crippen molar-refractivity contribution >= 4 is 17.6 Å². The van der Waals surface area contributed by atoms with Gasteiger partial charge in [0.1, 0.15) is 5.82 Å². The molecule has 0 aromatic heterocycles. The third-order valence-corrected chi connectivity index (χ3v) is 4.22. The van der Waals surface area contributed by atoms with E-state index < -0.39 is 28.8 Å². The van der Waals surface area contributed by atoms with Crippen LogP contribution in [0.25, 0.3) is 11.1 Å². The number of carbonyl (C=O) groups excluding carboxylic acids is 1. The first kappa shape index (κ1) is 19.3. The second kappa shape index (κ2) is 7.91. The second-order valence-electron chi connectivity index (χ2n) is 5.75. The molecule has 0 radical (unpaired) electrons. The number of ether oxygens (including phenoxy) is 1. The minimum Gasteiger partial charge on any atom is -0.466 e. The average molecular weight is 371 g/mol. The van der Waals surface area contributed by atoms with E-state index in [1.807, 2.05) is 0 Å². The number of carbonyl (C=O) groups is 1. The fraction of sp³-hybridized carbons (Fsp3) is 0.316. The van der Waals surface area contributed by atoms with Crippen molar-refractivity contribution in [2.75, 3.05) is 6.61 Å². The number of hydrogen-bond acceptors (Lipinski definition) is 2. The maximum Gasteiger partial charge on any atom is 0.307 e. The zero-order valence-corrected chi connectivity index (χ0v) is 14.9. The molecule has 0 saturated heterocycles. The Labute approximate surface area is 149 Å². The van der Waals surface area contributed by atoms with Crippen molar-refractivity contribution < 1.29 is 22.7 Å². The molecule has 1 atom stereocenters.